The summed E-state index contributed by atoms with van der Waals surface area (Å²) in [6, 6.07) is 11.5. The van der Waals surface area contributed by atoms with Gasteiger partial charge in [0.2, 0.25) is 5.91 Å². The van der Waals surface area contributed by atoms with Crippen molar-refractivity contribution in [2.24, 2.45) is 7.05 Å². The Balaban J connectivity index is 1.42. The van der Waals surface area contributed by atoms with Gasteiger partial charge in [-0.1, -0.05) is 27.7 Å². The number of carbonyl (C=O) groups excluding carboxylic acids is 1. The molecule has 0 radical (unpaired) electrons. The highest BCUT2D eigenvalue weighted by atomic mass is 79.9. The molecule has 0 fully saturated rings. The third-order valence-electron chi connectivity index (χ3n) is 4.61. The monoisotopic (exact) mass is 488 g/mol. The first-order chi connectivity index (χ1) is 14.5. The maximum absolute atomic E-state index is 12.3. The zero-order valence-electron chi connectivity index (χ0n) is 16.6. The average Bonchev–Trinajstić information content (AvgIpc) is 2.94. The first-order valence-electron chi connectivity index (χ1n) is 9.49. The Labute approximate surface area is 187 Å². The molecule has 0 atom stereocenters. The van der Waals surface area contributed by atoms with Crippen molar-refractivity contribution in [2.75, 3.05) is 24.3 Å². The van der Waals surface area contributed by atoms with E-state index in [-0.39, 0.29) is 11.7 Å². The molecule has 0 bridgehead atoms. The first kappa shape index (κ1) is 20.7. The number of nitrogens with one attached hydrogen (secondary N) is 1. The van der Waals surface area contributed by atoms with Crippen LogP contribution in [0.3, 0.4) is 0 Å². The molecule has 156 valence electrons. The predicted octanol–water partition coefficient (Wildman–Crippen LogP) is 4.45. The lowest BCUT2D eigenvalue weighted by Gasteiger charge is -2.09. The first-order valence-corrected chi connectivity index (χ1v) is 11.3. The van der Waals surface area contributed by atoms with E-state index in [0.29, 0.717) is 29.9 Å². The number of hydrogen-bond acceptors (Lipinski definition) is 6. The third-order valence-corrected chi connectivity index (χ3v) is 6.52. The van der Waals surface area contributed by atoms with Crippen molar-refractivity contribution in [3.63, 3.8) is 0 Å². The minimum absolute atomic E-state index is 0.0955. The van der Waals surface area contributed by atoms with E-state index >= 15 is 0 Å². The number of benzene rings is 2. The molecule has 4 rings (SSSR count). The number of anilines is 1. The smallest absolute Gasteiger partial charge is 0.234 e. The van der Waals surface area contributed by atoms with E-state index in [0.717, 1.165) is 33.5 Å². The standard InChI is InChI=1S/C21H21BrN4O3S/c1-13-10-15(5-6-16(13)22)23-19(27)12-30-21-25-24-20(26(21)2)14-4-7-17-18(11-14)29-9-3-8-28-17/h4-7,10-11H,3,8-9,12H2,1-2H3,(H,23,27). The van der Waals surface area contributed by atoms with Gasteiger partial charge in [-0.25, -0.2) is 0 Å². The van der Waals surface area contributed by atoms with Crippen LogP contribution in [0.15, 0.2) is 46.0 Å². The molecular weight excluding hydrogens is 468 g/mol. The van der Waals surface area contributed by atoms with Crippen LogP contribution in [0.25, 0.3) is 11.4 Å². The molecule has 1 aliphatic rings. The molecular formula is C21H21BrN4O3S. The number of halogens is 1. The normalized spacial score (nSPS) is 13.0. The molecule has 0 spiro atoms. The Morgan fingerprint density at radius 1 is 1.17 bits per heavy atom. The lowest BCUT2D eigenvalue weighted by Crippen LogP contribution is -2.14. The van der Waals surface area contributed by atoms with Gasteiger partial charge in [0.05, 0.1) is 19.0 Å². The van der Waals surface area contributed by atoms with E-state index < -0.39 is 0 Å². The van der Waals surface area contributed by atoms with Crippen molar-refractivity contribution in [3.05, 3.63) is 46.4 Å². The van der Waals surface area contributed by atoms with Gasteiger partial charge in [-0.15, -0.1) is 10.2 Å². The van der Waals surface area contributed by atoms with Gasteiger partial charge in [0.1, 0.15) is 0 Å². The van der Waals surface area contributed by atoms with Gasteiger partial charge in [-0.2, -0.15) is 0 Å². The zero-order chi connectivity index (χ0) is 21.1. The Hall–Kier alpha value is -2.52. The molecule has 0 saturated heterocycles. The minimum atomic E-state index is -0.0955. The van der Waals surface area contributed by atoms with Gasteiger partial charge in [-0.05, 0) is 48.9 Å². The summed E-state index contributed by atoms with van der Waals surface area (Å²) in [6.45, 7) is 3.26. The summed E-state index contributed by atoms with van der Waals surface area (Å²) in [6.07, 6.45) is 0.858. The Morgan fingerprint density at radius 3 is 2.77 bits per heavy atom. The van der Waals surface area contributed by atoms with Crippen LogP contribution in [0.2, 0.25) is 0 Å². The van der Waals surface area contributed by atoms with Crippen LogP contribution >= 0.6 is 27.7 Å². The number of aryl methyl sites for hydroxylation is 1. The number of aromatic nitrogens is 3. The molecule has 2 aromatic carbocycles. The van der Waals surface area contributed by atoms with Gasteiger partial charge in [0, 0.05) is 29.2 Å². The van der Waals surface area contributed by atoms with Gasteiger partial charge >= 0.3 is 0 Å². The SMILES string of the molecule is Cc1cc(NC(=O)CSc2nnc(-c3ccc4c(c3)OCCCO4)n2C)ccc1Br. The van der Waals surface area contributed by atoms with E-state index in [1.54, 1.807) is 0 Å². The number of amides is 1. The van der Waals surface area contributed by atoms with Crippen LogP contribution in [0.4, 0.5) is 5.69 Å². The second kappa shape index (κ2) is 9.09. The molecule has 1 aliphatic heterocycles. The van der Waals surface area contributed by atoms with Gasteiger partial charge < -0.3 is 19.4 Å². The quantitative estimate of drug-likeness (QED) is 0.534. The zero-order valence-corrected chi connectivity index (χ0v) is 19.0. The number of rotatable bonds is 5. The number of fused-ring (bicyclic) bond motifs is 1. The predicted molar refractivity (Wildman–Crippen MR) is 120 cm³/mol. The maximum Gasteiger partial charge on any atom is 0.234 e. The van der Waals surface area contributed by atoms with E-state index in [9.17, 15) is 4.79 Å². The van der Waals surface area contributed by atoms with Crippen molar-refractivity contribution in [1.82, 2.24) is 14.8 Å². The summed E-state index contributed by atoms with van der Waals surface area (Å²) >= 11 is 4.80. The van der Waals surface area contributed by atoms with E-state index in [2.05, 4.69) is 31.4 Å². The number of ether oxygens (including phenoxy) is 2. The summed E-state index contributed by atoms with van der Waals surface area (Å²) < 4.78 is 14.3. The Morgan fingerprint density at radius 2 is 1.97 bits per heavy atom. The molecule has 7 nitrogen and oxygen atoms in total. The van der Waals surface area contributed by atoms with Crippen molar-refractivity contribution >= 4 is 39.3 Å². The Kier molecular flexibility index (Phi) is 6.29. The Bertz CT molecular complexity index is 1090. The molecule has 9 heteroatoms. The minimum Gasteiger partial charge on any atom is -0.490 e. The highest BCUT2D eigenvalue weighted by Gasteiger charge is 2.17. The van der Waals surface area contributed by atoms with Gasteiger partial charge in [-0.3, -0.25) is 4.79 Å². The highest BCUT2D eigenvalue weighted by Crippen LogP contribution is 2.34. The molecule has 0 aliphatic carbocycles. The van der Waals surface area contributed by atoms with Crippen molar-refractivity contribution in [1.29, 1.82) is 0 Å². The summed E-state index contributed by atoms with van der Waals surface area (Å²) in [5.41, 5.74) is 2.72. The van der Waals surface area contributed by atoms with Crippen LogP contribution in [0.1, 0.15) is 12.0 Å². The van der Waals surface area contributed by atoms with Crippen LogP contribution in [0.5, 0.6) is 11.5 Å². The van der Waals surface area contributed by atoms with Gasteiger partial charge in [0.25, 0.3) is 0 Å². The topological polar surface area (TPSA) is 78.3 Å². The number of hydrogen-bond donors (Lipinski definition) is 1. The second-order valence-electron chi connectivity index (χ2n) is 6.88. The molecule has 1 aromatic heterocycles. The van der Waals surface area contributed by atoms with Crippen molar-refractivity contribution in [2.45, 2.75) is 18.5 Å². The lowest BCUT2D eigenvalue weighted by atomic mass is 10.2. The second-order valence-corrected chi connectivity index (χ2v) is 8.67. The molecule has 0 saturated carbocycles. The summed E-state index contributed by atoms with van der Waals surface area (Å²) in [7, 11) is 1.89. The summed E-state index contributed by atoms with van der Waals surface area (Å²) in [5.74, 6) is 2.31. The fourth-order valence-corrected chi connectivity index (χ4v) is 4.00. The van der Waals surface area contributed by atoms with Crippen LogP contribution in [-0.2, 0) is 11.8 Å². The van der Waals surface area contributed by atoms with Crippen molar-refractivity contribution < 1.29 is 14.3 Å². The molecule has 0 unspecified atom stereocenters. The largest absolute Gasteiger partial charge is 0.490 e. The molecule has 1 N–H and O–H groups in total. The van der Waals surface area contributed by atoms with Crippen LogP contribution in [0, 0.1) is 6.92 Å². The van der Waals surface area contributed by atoms with Crippen LogP contribution < -0.4 is 14.8 Å². The van der Waals surface area contributed by atoms with Gasteiger partial charge in [0.15, 0.2) is 22.5 Å². The molecule has 2 heterocycles. The van der Waals surface area contributed by atoms with Crippen molar-refractivity contribution in [3.8, 4) is 22.9 Å². The fourth-order valence-electron chi connectivity index (χ4n) is 3.04. The molecule has 3 aromatic rings. The van der Waals surface area contributed by atoms with E-state index in [4.69, 9.17) is 9.47 Å². The number of nitrogens with zero attached hydrogens (tertiary/aromatic N) is 3. The summed E-state index contributed by atoms with van der Waals surface area (Å²) in [5, 5.41) is 12.1. The molecule has 1 amide bonds. The van der Waals surface area contributed by atoms with E-state index in [1.165, 1.54) is 11.8 Å². The summed E-state index contributed by atoms with van der Waals surface area (Å²) in [4.78, 5) is 12.3. The fraction of sp³-hybridized carbons (Fsp3) is 0.286. The number of thioether (sulfide) groups is 1. The lowest BCUT2D eigenvalue weighted by molar-refractivity contribution is -0.113. The van der Waals surface area contributed by atoms with E-state index in [1.807, 2.05) is 54.9 Å². The third kappa shape index (κ3) is 4.62. The highest BCUT2D eigenvalue weighted by molar-refractivity contribution is 9.10. The molecule has 30 heavy (non-hydrogen) atoms. The number of carbonyl (C=O) groups is 1. The average molecular weight is 489 g/mol. The maximum atomic E-state index is 12.3. The van der Waals surface area contributed by atoms with Crippen LogP contribution in [-0.4, -0.2) is 39.6 Å².